The van der Waals surface area contributed by atoms with Gasteiger partial charge in [-0.25, -0.2) is 4.98 Å². The van der Waals surface area contributed by atoms with Crippen LogP contribution in [0.2, 0.25) is 0 Å². The van der Waals surface area contributed by atoms with Crippen LogP contribution in [0.15, 0.2) is 12.3 Å². The predicted octanol–water partition coefficient (Wildman–Crippen LogP) is 3.11. The summed E-state index contributed by atoms with van der Waals surface area (Å²) in [7, 11) is 0. The van der Waals surface area contributed by atoms with Crippen LogP contribution in [-0.4, -0.2) is 22.6 Å². The first-order chi connectivity index (χ1) is 8.17. The Hall–Kier alpha value is -1.32. The molecule has 1 aromatic rings. The van der Waals surface area contributed by atoms with Crippen molar-refractivity contribution in [3.63, 3.8) is 0 Å². The Morgan fingerprint density at radius 1 is 1.35 bits per heavy atom. The van der Waals surface area contributed by atoms with Gasteiger partial charge < -0.3 is 10.1 Å². The van der Waals surface area contributed by atoms with Gasteiger partial charge in [-0.1, -0.05) is 27.7 Å². The molecule has 4 heteroatoms. The van der Waals surface area contributed by atoms with E-state index in [1.165, 1.54) is 0 Å². The van der Waals surface area contributed by atoms with Crippen LogP contribution in [0.3, 0.4) is 0 Å². The molecule has 0 spiro atoms. The Morgan fingerprint density at radius 3 is 2.71 bits per heavy atom. The molecule has 0 aliphatic heterocycles. The second-order valence-corrected chi connectivity index (χ2v) is 4.47. The van der Waals surface area contributed by atoms with E-state index >= 15 is 0 Å². The Labute approximate surface area is 104 Å². The minimum Gasteiger partial charge on any atom is -0.478 e. The van der Waals surface area contributed by atoms with Crippen LogP contribution in [0, 0.1) is 5.92 Å². The van der Waals surface area contributed by atoms with Gasteiger partial charge in [0.2, 0.25) is 11.8 Å². The number of hydrogen-bond acceptors (Lipinski definition) is 4. The van der Waals surface area contributed by atoms with E-state index in [4.69, 9.17) is 4.74 Å². The molecule has 0 aliphatic rings. The van der Waals surface area contributed by atoms with Crippen molar-refractivity contribution in [3.05, 3.63) is 12.3 Å². The largest absolute Gasteiger partial charge is 0.478 e. The van der Waals surface area contributed by atoms with Crippen molar-refractivity contribution < 1.29 is 4.74 Å². The summed E-state index contributed by atoms with van der Waals surface area (Å²) in [5, 5.41) is 3.34. The van der Waals surface area contributed by atoms with Gasteiger partial charge in [-0.05, 0) is 18.8 Å². The van der Waals surface area contributed by atoms with E-state index in [2.05, 4.69) is 43.0 Å². The molecular weight excluding hydrogens is 214 g/mol. The van der Waals surface area contributed by atoms with Crippen molar-refractivity contribution in [2.75, 3.05) is 11.9 Å². The van der Waals surface area contributed by atoms with E-state index < -0.39 is 0 Å². The highest BCUT2D eigenvalue weighted by Crippen LogP contribution is 2.14. The summed E-state index contributed by atoms with van der Waals surface area (Å²) in [4.78, 5) is 8.55. The summed E-state index contributed by atoms with van der Waals surface area (Å²) < 4.78 is 5.48. The first-order valence-electron chi connectivity index (χ1n) is 6.39. The molecule has 1 rings (SSSR count). The SMILES string of the molecule is CCCOc1ccnc(NC(CC)C(C)C)n1. The van der Waals surface area contributed by atoms with Gasteiger partial charge in [0.1, 0.15) is 0 Å². The van der Waals surface area contributed by atoms with Crippen LogP contribution in [0.25, 0.3) is 0 Å². The molecule has 4 nitrogen and oxygen atoms in total. The van der Waals surface area contributed by atoms with Crippen LogP contribution < -0.4 is 10.1 Å². The highest BCUT2D eigenvalue weighted by atomic mass is 16.5. The first kappa shape index (κ1) is 13.7. The minimum atomic E-state index is 0.399. The van der Waals surface area contributed by atoms with E-state index in [1.807, 2.05) is 0 Å². The van der Waals surface area contributed by atoms with Crippen molar-refractivity contribution in [2.45, 2.75) is 46.6 Å². The molecule has 96 valence electrons. The fraction of sp³-hybridized carbons (Fsp3) is 0.692. The fourth-order valence-corrected chi connectivity index (χ4v) is 1.60. The molecule has 0 saturated carbocycles. The second-order valence-electron chi connectivity index (χ2n) is 4.47. The highest BCUT2D eigenvalue weighted by molar-refractivity contribution is 5.28. The van der Waals surface area contributed by atoms with Gasteiger partial charge in [0.25, 0.3) is 0 Å². The minimum absolute atomic E-state index is 0.399. The summed E-state index contributed by atoms with van der Waals surface area (Å²) in [6, 6.07) is 2.19. The number of aromatic nitrogens is 2. The third-order valence-electron chi connectivity index (χ3n) is 2.64. The number of anilines is 1. The Balaban J connectivity index is 2.64. The molecule has 1 atom stereocenters. The molecule has 1 heterocycles. The summed E-state index contributed by atoms with van der Waals surface area (Å²) in [6.07, 6.45) is 3.77. The molecule has 1 N–H and O–H groups in total. The van der Waals surface area contributed by atoms with E-state index in [0.717, 1.165) is 12.8 Å². The zero-order valence-electron chi connectivity index (χ0n) is 11.2. The van der Waals surface area contributed by atoms with E-state index in [1.54, 1.807) is 12.3 Å². The van der Waals surface area contributed by atoms with Crippen LogP contribution in [0.5, 0.6) is 5.88 Å². The van der Waals surface area contributed by atoms with Crippen LogP contribution >= 0.6 is 0 Å². The fourth-order valence-electron chi connectivity index (χ4n) is 1.60. The Kier molecular flexibility index (Phi) is 5.73. The average molecular weight is 237 g/mol. The standard InChI is InChI=1S/C13H23N3O/c1-5-9-17-12-7-8-14-13(16-12)15-11(6-2)10(3)4/h7-8,10-11H,5-6,9H2,1-4H3,(H,14,15,16). The molecule has 0 aliphatic carbocycles. The zero-order chi connectivity index (χ0) is 12.7. The van der Waals surface area contributed by atoms with Crippen molar-refractivity contribution in [3.8, 4) is 5.88 Å². The van der Waals surface area contributed by atoms with Gasteiger partial charge in [0, 0.05) is 18.3 Å². The summed E-state index contributed by atoms with van der Waals surface area (Å²) in [5.41, 5.74) is 0. The third-order valence-corrected chi connectivity index (χ3v) is 2.64. The maximum Gasteiger partial charge on any atom is 0.226 e. The van der Waals surface area contributed by atoms with Gasteiger partial charge in [-0.15, -0.1) is 0 Å². The lowest BCUT2D eigenvalue weighted by atomic mass is 10.0. The van der Waals surface area contributed by atoms with E-state index in [-0.39, 0.29) is 0 Å². The van der Waals surface area contributed by atoms with Crippen LogP contribution in [0.1, 0.15) is 40.5 Å². The number of hydrogen-bond donors (Lipinski definition) is 1. The predicted molar refractivity (Wildman–Crippen MR) is 70.4 cm³/mol. The molecular formula is C13H23N3O. The molecule has 0 bridgehead atoms. The Morgan fingerprint density at radius 2 is 2.12 bits per heavy atom. The van der Waals surface area contributed by atoms with Crippen molar-refractivity contribution >= 4 is 5.95 Å². The summed E-state index contributed by atoms with van der Waals surface area (Å²) in [5.74, 6) is 1.85. The average Bonchev–Trinajstić information content (AvgIpc) is 2.33. The molecule has 1 unspecified atom stereocenters. The molecule has 1 aromatic heterocycles. The third kappa shape index (κ3) is 4.59. The number of nitrogens with one attached hydrogen (secondary N) is 1. The van der Waals surface area contributed by atoms with Crippen LogP contribution in [-0.2, 0) is 0 Å². The first-order valence-corrected chi connectivity index (χ1v) is 6.39. The lowest BCUT2D eigenvalue weighted by Crippen LogP contribution is -2.25. The highest BCUT2D eigenvalue weighted by Gasteiger charge is 2.12. The smallest absolute Gasteiger partial charge is 0.226 e. The monoisotopic (exact) mass is 237 g/mol. The number of rotatable bonds is 7. The van der Waals surface area contributed by atoms with Gasteiger partial charge in [-0.2, -0.15) is 4.98 Å². The van der Waals surface area contributed by atoms with Crippen molar-refractivity contribution in [2.24, 2.45) is 5.92 Å². The van der Waals surface area contributed by atoms with Crippen molar-refractivity contribution in [1.29, 1.82) is 0 Å². The van der Waals surface area contributed by atoms with E-state index in [0.29, 0.717) is 30.4 Å². The number of nitrogens with zero attached hydrogens (tertiary/aromatic N) is 2. The lowest BCUT2D eigenvalue weighted by Gasteiger charge is -2.20. The van der Waals surface area contributed by atoms with Gasteiger partial charge in [-0.3, -0.25) is 0 Å². The van der Waals surface area contributed by atoms with Crippen molar-refractivity contribution in [1.82, 2.24) is 9.97 Å². The molecule has 0 saturated heterocycles. The van der Waals surface area contributed by atoms with Gasteiger partial charge in [0.05, 0.1) is 6.61 Å². The summed E-state index contributed by atoms with van der Waals surface area (Å²) >= 11 is 0. The molecule has 17 heavy (non-hydrogen) atoms. The van der Waals surface area contributed by atoms with Crippen LogP contribution in [0.4, 0.5) is 5.95 Å². The maximum atomic E-state index is 5.48. The maximum absolute atomic E-state index is 5.48. The normalized spacial score (nSPS) is 12.5. The molecule has 0 fully saturated rings. The lowest BCUT2D eigenvalue weighted by molar-refractivity contribution is 0.305. The Bertz CT molecular complexity index is 328. The number of ether oxygens (including phenoxy) is 1. The molecule has 0 radical (unpaired) electrons. The molecule has 0 amide bonds. The van der Waals surface area contributed by atoms with E-state index in [9.17, 15) is 0 Å². The second kappa shape index (κ2) is 7.09. The van der Waals surface area contributed by atoms with Gasteiger partial charge in [0.15, 0.2) is 0 Å². The molecule has 0 aromatic carbocycles. The summed E-state index contributed by atoms with van der Waals surface area (Å²) in [6.45, 7) is 9.32. The van der Waals surface area contributed by atoms with Gasteiger partial charge >= 0.3 is 0 Å². The topological polar surface area (TPSA) is 47.0 Å². The quantitative estimate of drug-likeness (QED) is 0.791. The zero-order valence-corrected chi connectivity index (χ0v) is 11.2.